The number of benzene rings is 2. The molecular weight excluding hydrogens is 297 g/mol. The van der Waals surface area contributed by atoms with Crippen molar-refractivity contribution in [1.29, 1.82) is 0 Å². The lowest BCUT2D eigenvalue weighted by Gasteiger charge is -2.15. The Kier molecular flexibility index (Phi) is 5.57. The van der Waals surface area contributed by atoms with Crippen molar-refractivity contribution in [1.82, 2.24) is 5.32 Å². The van der Waals surface area contributed by atoms with Gasteiger partial charge in [-0.2, -0.15) is 0 Å². The molecular formula is C18H20FNO3. The van der Waals surface area contributed by atoms with Crippen LogP contribution in [0.25, 0.3) is 0 Å². The topological polar surface area (TPSA) is 47.6 Å². The zero-order chi connectivity index (χ0) is 16.8. The molecule has 0 aliphatic rings. The average Bonchev–Trinajstić information content (AvgIpc) is 2.55. The van der Waals surface area contributed by atoms with Crippen LogP contribution in [0.3, 0.4) is 0 Å². The van der Waals surface area contributed by atoms with Gasteiger partial charge in [0.1, 0.15) is 17.3 Å². The van der Waals surface area contributed by atoms with Gasteiger partial charge >= 0.3 is 0 Å². The molecule has 2 rings (SSSR count). The van der Waals surface area contributed by atoms with Crippen molar-refractivity contribution in [2.45, 2.75) is 19.4 Å². The number of halogens is 1. The highest BCUT2D eigenvalue weighted by Gasteiger charge is 2.13. The van der Waals surface area contributed by atoms with Crippen molar-refractivity contribution in [2.75, 3.05) is 14.2 Å². The van der Waals surface area contributed by atoms with Crippen molar-refractivity contribution in [3.05, 3.63) is 59.4 Å². The van der Waals surface area contributed by atoms with Gasteiger partial charge in [-0.25, -0.2) is 4.39 Å². The van der Waals surface area contributed by atoms with E-state index in [9.17, 15) is 9.18 Å². The summed E-state index contributed by atoms with van der Waals surface area (Å²) in [5.74, 6) is 0.859. The van der Waals surface area contributed by atoms with Crippen molar-refractivity contribution in [3.8, 4) is 11.5 Å². The zero-order valence-electron chi connectivity index (χ0n) is 13.4. The third kappa shape index (κ3) is 4.45. The maximum Gasteiger partial charge on any atom is 0.225 e. The second-order valence-corrected chi connectivity index (χ2v) is 5.20. The Morgan fingerprint density at radius 2 is 1.83 bits per heavy atom. The van der Waals surface area contributed by atoms with Gasteiger partial charge in [0.2, 0.25) is 5.91 Å². The van der Waals surface area contributed by atoms with Crippen LogP contribution in [0.5, 0.6) is 11.5 Å². The first-order chi connectivity index (χ1) is 11.0. The molecule has 0 heterocycles. The van der Waals surface area contributed by atoms with E-state index in [1.165, 1.54) is 12.1 Å². The standard InChI is InChI=1S/C18H20FNO3/c1-12(13-4-6-15(19)7-5-13)20-18(21)11-14-10-16(22-2)8-9-17(14)23-3/h4-10,12H,11H2,1-3H3,(H,20,21)/t12-/m0/s1. The molecule has 0 radical (unpaired) electrons. The van der Waals surface area contributed by atoms with E-state index < -0.39 is 0 Å². The van der Waals surface area contributed by atoms with Crippen LogP contribution in [-0.4, -0.2) is 20.1 Å². The Bertz CT molecular complexity index is 670. The van der Waals surface area contributed by atoms with Crippen molar-refractivity contribution < 1.29 is 18.7 Å². The molecule has 0 bridgehead atoms. The van der Waals surface area contributed by atoms with Gasteiger partial charge in [-0.1, -0.05) is 12.1 Å². The number of nitrogens with one attached hydrogen (secondary N) is 1. The molecule has 0 unspecified atom stereocenters. The van der Waals surface area contributed by atoms with Gasteiger partial charge in [-0.3, -0.25) is 4.79 Å². The van der Waals surface area contributed by atoms with E-state index in [0.717, 1.165) is 11.1 Å². The molecule has 0 saturated heterocycles. The molecule has 0 aromatic heterocycles. The third-order valence-corrected chi connectivity index (χ3v) is 3.59. The highest BCUT2D eigenvalue weighted by atomic mass is 19.1. The number of carbonyl (C=O) groups excluding carboxylic acids is 1. The van der Waals surface area contributed by atoms with Crippen molar-refractivity contribution in [3.63, 3.8) is 0 Å². The van der Waals surface area contributed by atoms with E-state index in [1.54, 1.807) is 44.6 Å². The number of rotatable bonds is 6. The maximum atomic E-state index is 12.9. The third-order valence-electron chi connectivity index (χ3n) is 3.59. The van der Waals surface area contributed by atoms with Crippen LogP contribution in [0.2, 0.25) is 0 Å². The van der Waals surface area contributed by atoms with Crippen LogP contribution >= 0.6 is 0 Å². The van der Waals surface area contributed by atoms with Gasteiger partial charge in [0.05, 0.1) is 26.7 Å². The van der Waals surface area contributed by atoms with E-state index >= 15 is 0 Å². The molecule has 1 amide bonds. The van der Waals surface area contributed by atoms with Crippen LogP contribution in [-0.2, 0) is 11.2 Å². The van der Waals surface area contributed by atoms with E-state index in [2.05, 4.69) is 5.32 Å². The Hall–Kier alpha value is -2.56. The lowest BCUT2D eigenvalue weighted by atomic mass is 10.1. The molecule has 0 aliphatic carbocycles. The maximum absolute atomic E-state index is 12.9. The second kappa shape index (κ2) is 7.63. The molecule has 2 aromatic rings. The van der Waals surface area contributed by atoms with E-state index in [4.69, 9.17) is 9.47 Å². The quantitative estimate of drug-likeness (QED) is 0.889. The average molecular weight is 317 g/mol. The first kappa shape index (κ1) is 16.8. The second-order valence-electron chi connectivity index (χ2n) is 5.20. The molecule has 0 spiro atoms. The van der Waals surface area contributed by atoms with Crippen molar-refractivity contribution >= 4 is 5.91 Å². The Balaban J connectivity index is 2.05. The summed E-state index contributed by atoms with van der Waals surface area (Å²) in [5, 5.41) is 2.90. The van der Waals surface area contributed by atoms with Gasteiger partial charge in [-0.15, -0.1) is 0 Å². The highest BCUT2D eigenvalue weighted by molar-refractivity contribution is 5.80. The number of carbonyl (C=O) groups is 1. The normalized spacial score (nSPS) is 11.7. The summed E-state index contributed by atoms with van der Waals surface area (Å²) in [6, 6.07) is 11.2. The monoisotopic (exact) mass is 317 g/mol. The van der Waals surface area contributed by atoms with Crippen LogP contribution in [0.15, 0.2) is 42.5 Å². The molecule has 0 saturated carbocycles. The minimum absolute atomic E-state index is 0.145. The number of methoxy groups -OCH3 is 2. The fourth-order valence-corrected chi connectivity index (χ4v) is 2.32. The van der Waals surface area contributed by atoms with E-state index in [1.807, 2.05) is 6.92 Å². The molecule has 4 nitrogen and oxygen atoms in total. The summed E-state index contributed by atoms with van der Waals surface area (Å²) < 4.78 is 23.4. The molecule has 0 fully saturated rings. The minimum Gasteiger partial charge on any atom is -0.497 e. The summed E-state index contributed by atoms with van der Waals surface area (Å²) in [4.78, 5) is 12.2. The fraction of sp³-hybridized carbons (Fsp3) is 0.278. The van der Waals surface area contributed by atoms with Gasteiger partial charge < -0.3 is 14.8 Å². The lowest BCUT2D eigenvalue weighted by molar-refractivity contribution is -0.121. The molecule has 0 aliphatic heterocycles. The molecule has 2 aromatic carbocycles. The Morgan fingerprint density at radius 1 is 1.13 bits per heavy atom. The smallest absolute Gasteiger partial charge is 0.225 e. The van der Waals surface area contributed by atoms with Gasteiger partial charge in [-0.05, 0) is 42.8 Å². The minimum atomic E-state index is -0.298. The van der Waals surface area contributed by atoms with Crippen LogP contribution < -0.4 is 14.8 Å². The van der Waals surface area contributed by atoms with Gasteiger partial charge in [0.15, 0.2) is 0 Å². The molecule has 5 heteroatoms. The summed E-state index contributed by atoms with van der Waals surface area (Å²) in [6.07, 6.45) is 0.173. The highest BCUT2D eigenvalue weighted by Crippen LogP contribution is 2.24. The summed E-state index contributed by atoms with van der Waals surface area (Å²) in [7, 11) is 3.13. The number of hydrogen-bond donors (Lipinski definition) is 1. The van der Waals surface area contributed by atoms with Gasteiger partial charge in [0.25, 0.3) is 0 Å². The SMILES string of the molecule is COc1ccc(OC)c(CC(=O)N[C@@H](C)c2ccc(F)cc2)c1. The first-order valence-electron chi connectivity index (χ1n) is 7.29. The zero-order valence-corrected chi connectivity index (χ0v) is 13.4. The van der Waals surface area contributed by atoms with Crippen LogP contribution in [0.1, 0.15) is 24.1 Å². The fourth-order valence-electron chi connectivity index (χ4n) is 2.32. The molecule has 1 atom stereocenters. The van der Waals surface area contributed by atoms with Gasteiger partial charge in [0, 0.05) is 5.56 Å². The van der Waals surface area contributed by atoms with Crippen molar-refractivity contribution in [2.24, 2.45) is 0 Å². The van der Waals surface area contributed by atoms with Crippen LogP contribution in [0.4, 0.5) is 4.39 Å². The number of amides is 1. The Morgan fingerprint density at radius 3 is 2.43 bits per heavy atom. The Labute approximate surface area is 135 Å². The lowest BCUT2D eigenvalue weighted by Crippen LogP contribution is -2.28. The molecule has 1 N–H and O–H groups in total. The summed E-state index contributed by atoms with van der Waals surface area (Å²) in [5.41, 5.74) is 1.59. The largest absolute Gasteiger partial charge is 0.497 e. The number of hydrogen-bond acceptors (Lipinski definition) is 3. The first-order valence-corrected chi connectivity index (χ1v) is 7.29. The van der Waals surface area contributed by atoms with Crippen LogP contribution in [0, 0.1) is 5.82 Å². The van der Waals surface area contributed by atoms with E-state index in [-0.39, 0.29) is 24.2 Å². The molecule has 122 valence electrons. The van der Waals surface area contributed by atoms with E-state index in [0.29, 0.717) is 11.5 Å². The summed E-state index contributed by atoms with van der Waals surface area (Å²) >= 11 is 0. The predicted octanol–water partition coefficient (Wildman–Crippen LogP) is 3.26. The number of ether oxygens (including phenoxy) is 2. The summed E-state index contributed by atoms with van der Waals surface area (Å²) in [6.45, 7) is 1.86. The predicted molar refractivity (Wildman–Crippen MR) is 86.2 cm³/mol. The molecule has 23 heavy (non-hydrogen) atoms.